The Balaban J connectivity index is 1.38. The molecule has 0 radical (unpaired) electrons. The summed E-state index contributed by atoms with van der Waals surface area (Å²) in [5.74, 6) is 0.523. The summed E-state index contributed by atoms with van der Waals surface area (Å²) in [6, 6.07) is 35.7. The van der Waals surface area contributed by atoms with Crippen LogP contribution in [0.15, 0.2) is 128 Å². The molecular formula is C36H35N3O3. The molecule has 1 aliphatic rings. The van der Waals surface area contributed by atoms with Gasteiger partial charge in [0.15, 0.2) is 0 Å². The first-order valence-electron chi connectivity index (χ1n) is 14.1. The lowest BCUT2D eigenvalue weighted by Gasteiger charge is -2.36. The molecule has 6 heteroatoms. The smallest absolute Gasteiger partial charge is 0.246 e. The average molecular weight is 558 g/mol. The molecule has 0 atom stereocenters. The summed E-state index contributed by atoms with van der Waals surface area (Å²) in [6.45, 7) is 6.52. The number of amides is 2. The van der Waals surface area contributed by atoms with Crippen molar-refractivity contribution in [3.05, 3.63) is 150 Å². The van der Waals surface area contributed by atoms with Crippen LogP contribution in [0.4, 0.5) is 5.69 Å². The summed E-state index contributed by atoms with van der Waals surface area (Å²) in [7, 11) is 1.66. The van der Waals surface area contributed by atoms with Gasteiger partial charge >= 0.3 is 0 Å². The number of carbonyl (C=O) groups excluding carboxylic acids is 2. The third-order valence-electron chi connectivity index (χ3n) is 7.68. The Hall–Kier alpha value is -5.10. The monoisotopic (exact) mass is 557 g/mol. The van der Waals surface area contributed by atoms with Crippen molar-refractivity contribution < 1.29 is 14.3 Å². The molecule has 6 nitrogen and oxygen atoms in total. The molecular weight excluding hydrogens is 522 g/mol. The molecule has 212 valence electrons. The van der Waals surface area contributed by atoms with Gasteiger partial charge in [-0.25, -0.2) is 0 Å². The fourth-order valence-corrected chi connectivity index (χ4v) is 5.46. The van der Waals surface area contributed by atoms with Crippen molar-refractivity contribution >= 4 is 23.6 Å². The molecule has 42 heavy (non-hydrogen) atoms. The molecule has 0 aromatic heterocycles. The fraction of sp³-hybridized carbons (Fsp3) is 0.167. The van der Waals surface area contributed by atoms with E-state index in [9.17, 15) is 9.59 Å². The Morgan fingerprint density at radius 1 is 0.786 bits per heavy atom. The molecule has 2 amide bonds. The molecule has 0 aliphatic carbocycles. The molecule has 1 aliphatic heterocycles. The van der Waals surface area contributed by atoms with Gasteiger partial charge in [-0.15, -0.1) is 0 Å². The molecule has 0 bridgehead atoms. The Labute approximate surface area is 247 Å². The lowest BCUT2D eigenvalue weighted by Crippen LogP contribution is -2.48. The van der Waals surface area contributed by atoms with E-state index in [0.717, 1.165) is 46.8 Å². The number of carbonyl (C=O) groups is 2. The number of anilines is 1. The number of piperazine rings is 1. The highest BCUT2D eigenvalue weighted by Gasteiger charge is 2.37. The van der Waals surface area contributed by atoms with Gasteiger partial charge in [0, 0.05) is 37.9 Å². The van der Waals surface area contributed by atoms with Crippen LogP contribution in [0.3, 0.4) is 0 Å². The van der Waals surface area contributed by atoms with Crippen molar-refractivity contribution in [1.29, 1.82) is 0 Å². The second kappa shape index (κ2) is 13.0. The maximum atomic E-state index is 13.1. The Morgan fingerprint density at radius 3 is 1.95 bits per heavy atom. The summed E-state index contributed by atoms with van der Waals surface area (Å²) < 4.78 is 5.26. The first-order chi connectivity index (χ1) is 20.5. The number of hydrogen-bond donors (Lipinski definition) is 1. The van der Waals surface area contributed by atoms with Crippen molar-refractivity contribution in [1.82, 2.24) is 10.2 Å². The van der Waals surface area contributed by atoms with E-state index in [1.807, 2.05) is 120 Å². The Bertz CT molecular complexity index is 1500. The first kappa shape index (κ1) is 28.4. The van der Waals surface area contributed by atoms with Gasteiger partial charge in [-0.2, -0.15) is 0 Å². The normalized spacial score (nSPS) is 13.5. The molecule has 1 N–H and O–H groups in total. The Morgan fingerprint density at radius 2 is 1.38 bits per heavy atom. The summed E-state index contributed by atoms with van der Waals surface area (Å²) >= 11 is 0. The maximum absolute atomic E-state index is 13.1. The van der Waals surface area contributed by atoms with Gasteiger partial charge in [0.1, 0.15) is 11.3 Å². The summed E-state index contributed by atoms with van der Waals surface area (Å²) in [6.07, 6.45) is 4.77. The molecule has 5 rings (SSSR count). The second-order valence-corrected chi connectivity index (χ2v) is 10.1. The highest BCUT2D eigenvalue weighted by atomic mass is 16.5. The van der Waals surface area contributed by atoms with Gasteiger partial charge in [-0.1, -0.05) is 85.4 Å². The lowest BCUT2D eigenvalue weighted by atomic mass is 9.76. The van der Waals surface area contributed by atoms with Crippen LogP contribution in [-0.4, -0.2) is 50.0 Å². The first-order valence-corrected chi connectivity index (χ1v) is 14.1. The van der Waals surface area contributed by atoms with Crippen LogP contribution in [-0.2, 0) is 15.1 Å². The number of methoxy groups -OCH3 is 1. The minimum absolute atomic E-state index is 0.0212. The number of hydrogen-bond acceptors (Lipinski definition) is 4. The quantitative estimate of drug-likeness (QED) is 0.213. The van der Waals surface area contributed by atoms with Crippen LogP contribution in [0.25, 0.3) is 6.08 Å². The van der Waals surface area contributed by atoms with Crippen LogP contribution in [0.5, 0.6) is 5.75 Å². The van der Waals surface area contributed by atoms with Crippen molar-refractivity contribution in [3.63, 3.8) is 0 Å². The number of nitrogens with zero attached hydrogens (tertiary/aromatic N) is 2. The fourth-order valence-electron chi connectivity index (χ4n) is 5.46. The van der Waals surface area contributed by atoms with Gasteiger partial charge in [-0.05, 0) is 64.7 Å². The maximum Gasteiger partial charge on any atom is 0.246 e. The molecule has 1 heterocycles. The number of nitrogens with one attached hydrogen (secondary N) is 1. The zero-order chi connectivity index (χ0) is 29.4. The minimum Gasteiger partial charge on any atom is -0.497 e. The predicted octanol–water partition coefficient (Wildman–Crippen LogP) is 5.65. The van der Waals surface area contributed by atoms with E-state index in [1.54, 1.807) is 13.2 Å². The van der Waals surface area contributed by atoms with E-state index in [-0.39, 0.29) is 11.8 Å². The van der Waals surface area contributed by atoms with Gasteiger partial charge in [0.2, 0.25) is 11.8 Å². The van der Waals surface area contributed by atoms with Crippen LogP contribution >= 0.6 is 0 Å². The van der Waals surface area contributed by atoms with Gasteiger partial charge in [0.05, 0.1) is 7.11 Å². The lowest BCUT2D eigenvalue weighted by molar-refractivity contribution is -0.126. The van der Waals surface area contributed by atoms with E-state index in [0.29, 0.717) is 13.1 Å². The molecule has 0 spiro atoms. The number of benzene rings is 4. The Kier molecular flexibility index (Phi) is 8.83. The van der Waals surface area contributed by atoms with E-state index < -0.39 is 5.54 Å². The van der Waals surface area contributed by atoms with Gasteiger partial charge in [0.25, 0.3) is 0 Å². The average Bonchev–Trinajstić information content (AvgIpc) is 3.07. The van der Waals surface area contributed by atoms with E-state index in [2.05, 4.69) is 16.8 Å². The van der Waals surface area contributed by atoms with Crippen LogP contribution in [0.1, 0.15) is 22.3 Å². The topological polar surface area (TPSA) is 61.9 Å². The summed E-state index contributed by atoms with van der Waals surface area (Å²) in [4.78, 5) is 30.2. The van der Waals surface area contributed by atoms with Crippen molar-refractivity contribution in [2.75, 3.05) is 38.2 Å². The van der Waals surface area contributed by atoms with Crippen LogP contribution in [0, 0.1) is 0 Å². The van der Waals surface area contributed by atoms with Gasteiger partial charge in [-0.3, -0.25) is 9.59 Å². The molecule has 4 aromatic rings. The highest BCUT2D eigenvalue weighted by molar-refractivity contribution is 5.92. The zero-order valence-electron chi connectivity index (χ0n) is 23.8. The molecule has 1 saturated heterocycles. The standard InChI is InChI=1S/C36H35N3O3/c1-3-34(40)37-36(29-12-6-4-7-13-29,30-14-8-5-9-15-30)31-16-10-11-28(27-31)17-22-35(41)39-25-23-38(24-26-39)32-18-20-33(42-2)21-19-32/h3-22,27H,1,23-26H2,2H3,(H,37,40)/b22-17+. The third kappa shape index (κ3) is 6.13. The molecule has 1 fully saturated rings. The molecule has 0 saturated carbocycles. The zero-order valence-corrected chi connectivity index (χ0v) is 23.8. The van der Waals surface area contributed by atoms with E-state index in [1.165, 1.54) is 6.08 Å². The predicted molar refractivity (Wildman–Crippen MR) is 168 cm³/mol. The van der Waals surface area contributed by atoms with E-state index in [4.69, 9.17) is 4.74 Å². The SMILES string of the molecule is C=CC(=O)NC(c1ccccc1)(c1ccccc1)c1cccc(/C=C/C(=O)N2CCN(c3ccc(OC)cc3)CC2)c1. The van der Waals surface area contributed by atoms with Crippen LogP contribution in [0.2, 0.25) is 0 Å². The number of rotatable bonds is 9. The summed E-state index contributed by atoms with van der Waals surface area (Å²) in [5.41, 5.74) is 3.73. The number of ether oxygens (including phenoxy) is 1. The largest absolute Gasteiger partial charge is 0.497 e. The highest BCUT2D eigenvalue weighted by Crippen LogP contribution is 2.37. The second-order valence-electron chi connectivity index (χ2n) is 10.1. The van der Waals surface area contributed by atoms with Gasteiger partial charge < -0.3 is 19.9 Å². The summed E-state index contributed by atoms with van der Waals surface area (Å²) in [5, 5.41) is 3.23. The van der Waals surface area contributed by atoms with Crippen molar-refractivity contribution in [3.8, 4) is 5.75 Å². The third-order valence-corrected chi connectivity index (χ3v) is 7.68. The molecule has 4 aromatic carbocycles. The van der Waals surface area contributed by atoms with E-state index >= 15 is 0 Å². The van der Waals surface area contributed by atoms with Crippen molar-refractivity contribution in [2.24, 2.45) is 0 Å². The minimum atomic E-state index is -0.959. The van der Waals surface area contributed by atoms with Crippen LogP contribution < -0.4 is 15.0 Å². The molecule has 0 unspecified atom stereocenters. The van der Waals surface area contributed by atoms with Crippen molar-refractivity contribution in [2.45, 2.75) is 5.54 Å².